The molecule has 20 heavy (non-hydrogen) atoms. The molecule has 0 aromatic heterocycles. The van der Waals surface area contributed by atoms with E-state index in [0.717, 1.165) is 38.8 Å². The van der Waals surface area contributed by atoms with E-state index in [1.807, 2.05) is 0 Å². The van der Waals surface area contributed by atoms with E-state index in [1.54, 1.807) is 0 Å². The minimum atomic E-state index is -0.529. The highest BCUT2D eigenvalue weighted by atomic mass is 35.5. The van der Waals surface area contributed by atoms with Crippen molar-refractivity contribution in [1.29, 1.82) is 0 Å². The summed E-state index contributed by atoms with van der Waals surface area (Å²) in [5, 5.41) is 0. The van der Waals surface area contributed by atoms with Crippen molar-refractivity contribution >= 4 is 18.3 Å². The Kier molecular flexibility index (Phi) is 5.01. The summed E-state index contributed by atoms with van der Waals surface area (Å²) in [6, 6.07) is 0. The Morgan fingerprint density at radius 3 is 2.00 bits per heavy atom. The molecule has 3 fully saturated rings. The van der Waals surface area contributed by atoms with Crippen LogP contribution >= 0.6 is 12.4 Å². The van der Waals surface area contributed by atoms with Gasteiger partial charge in [-0.2, -0.15) is 0 Å². The maximum Gasteiger partial charge on any atom is 0.242 e. The molecule has 1 heterocycles. The van der Waals surface area contributed by atoms with Gasteiger partial charge in [-0.1, -0.05) is 38.5 Å². The number of nitrogens with zero attached hydrogens (tertiary/aromatic N) is 1. The van der Waals surface area contributed by atoms with Crippen LogP contribution in [0.25, 0.3) is 0 Å². The van der Waals surface area contributed by atoms with Crippen molar-refractivity contribution in [1.82, 2.24) is 4.90 Å². The first-order chi connectivity index (χ1) is 9.14. The van der Waals surface area contributed by atoms with Crippen LogP contribution in [0.15, 0.2) is 0 Å². The standard InChI is InChI=1S/C16H28N2O.ClH/c17-16(9-5-2-6-10-16)14(19)18-12-11-15(13-18)7-3-1-4-8-15;/h1-13,17H2;1H. The van der Waals surface area contributed by atoms with Crippen molar-refractivity contribution in [2.75, 3.05) is 13.1 Å². The molecule has 0 radical (unpaired) electrons. The normalized spacial score (nSPS) is 28.1. The molecule has 0 aromatic rings. The molecule has 1 amide bonds. The first kappa shape index (κ1) is 16.1. The summed E-state index contributed by atoms with van der Waals surface area (Å²) in [6.07, 6.45) is 13.3. The largest absolute Gasteiger partial charge is 0.341 e. The summed E-state index contributed by atoms with van der Waals surface area (Å²) in [7, 11) is 0. The van der Waals surface area contributed by atoms with Gasteiger partial charge in [-0.3, -0.25) is 4.79 Å². The van der Waals surface area contributed by atoms with Crippen molar-refractivity contribution in [3.05, 3.63) is 0 Å². The van der Waals surface area contributed by atoms with Crippen molar-refractivity contribution in [2.45, 2.75) is 76.2 Å². The van der Waals surface area contributed by atoms with Crippen molar-refractivity contribution < 1.29 is 4.79 Å². The van der Waals surface area contributed by atoms with Gasteiger partial charge in [0.25, 0.3) is 0 Å². The molecule has 3 nitrogen and oxygen atoms in total. The third-order valence-electron chi connectivity index (χ3n) is 5.81. The number of carbonyl (C=O) groups is 1. The smallest absolute Gasteiger partial charge is 0.242 e. The predicted molar refractivity (Wildman–Crippen MR) is 84.0 cm³/mol. The van der Waals surface area contributed by atoms with Gasteiger partial charge < -0.3 is 10.6 Å². The van der Waals surface area contributed by atoms with E-state index in [0.29, 0.717) is 5.41 Å². The zero-order valence-electron chi connectivity index (χ0n) is 12.5. The van der Waals surface area contributed by atoms with Crippen molar-refractivity contribution in [2.24, 2.45) is 11.1 Å². The van der Waals surface area contributed by atoms with Crippen LogP contribution in [-0.2, 0) is 4.79 Å². The van der Waals surface area contributed by atoms with Crippen LogP contribution < -0.4 is 5.73 Å². The molecule has 4 heteroatoms. The van der Waals surface area contributed by atoms with Gasteiger partial charge in [0, 0.05) is 13.1 Å². The molecule has 2 aliphatic carbocycles. The average molecular weight is 301 g/mol. The number of likely N-dealkylation sites (tertiary alicyclic amines) is 1. The highest BCUT2D eigenvalue weighted by Crippen LogP contribution is 2.44. The number of hydrogen-bond donors (Lipinski definition) is 1. The summed E-state index contributed by atoms with van der Waals surface area (Å²) in [6.45, 7) is 1.95. The fourth-order valence-corrected chi connectivity index (χ4v) is 4.53. The van der Waals surface area contributed by atoms with Gasteiger partial charge in [-0.15, -0.1) is 12.4 Å². The highest BCUT2D eigenvalue weighted by molar-refractivity contribution is 5.86. The molecule has 0 unspecified atom stereocenters. The Morgan fingerprint density at radius 1 is 0.850 bits per heavy atom. The van der Waals surface area contributed by atoms with E-state index in [1.165, 1.54) is 44.9 Å². The molecule has 2 N–H and O–H groups in total. The highest BCUT2D eigenvalue weighted by Gasteiger charge is 2.45. The van der Waals surface area contributed by atoms with Crippen LogP contribution in [0.3, 0.4) is 0 Å². The Hall–Kier alpha value is -0.280. The topological polar surface area (TPSA) is 46.3 Å². The number of amides is 1. The zero-order valence-corrected chi connectivity index (χ0v) is 13.3. The summed E-state index contributed by atoms with van der Waals surface area (Å²) in [5.41, 5.74) is 6.34. The summed E-state index contributed by atoms with van der Waals surface area (Å²) < 4.78 is 0. The molecule has 0 bridgehead atoms. The zero-order chi connectivity index (χ0) is 13.3. The fourth-order valence-electron chi connectivity index (χ4n) is 4.53. The lowest BCUT2D eigenvalue weighted by molar-refractivity contribution is -0.137. The lowest BCUT2D eigenvalue weighted by Crippen LogP contribution is -2.56. The first-order valence-electron chi connectivity index (χ1n) is 8.22. The molecule has 1 spiro atoms. The molecule has 116 valence electrons. The second kappa shape index (κ2) is 6.23. The average Bonchev–Trinajstić information content (AvgIpc) is 2.83. The molecular formula is C16H29ClN2O. The van der Waals surface area contributed by atoms with Crippen LogP contribution in [0.5, 0.6) is 0 Å². The molecular weight excluding hydrogens is 272 g/mol. The second-order valence-corrected chi connectivity index (χ2v) is 7.25. The van der Waals surface area contributed by atoms with Crippen LogP contribution in [0.1, 0.15) is 70.6 Å². The second-order valence-electron chi connectivity index (χ2n) is 7.25. The Bertz CT molecular complexity index is 346. The molecule has 1 aliphatic heterocycles. The van der Waals surface area contributed by atoms with E-state index in [9.17, 15) is 4.79 Å². The number of halogens is 1. The predicted octanol–water partition coefficient (Wildman–Crippen LogP) is 3.25. The van der Waals surface area contributed by atoms with Crippen molar-refractivity contribution in [3.8, 4) is 0 Å². The number of hydrogen-bond acceptors (Lipinski definition) is 2. The van der Waals surface area contributed by atoms with E-state index in [4.69, 9.17) is 5.73 Å². The Morgan fingerprint density at radius 2 is 1.40 bits per heavy atom. The molecule has 3 aliphatic rings. The summed E-state index contributed by atoms with van der Waals surface area (Å²) in [5.74, 6) is 0.259. The summed E-state index contributed by atoms with van der Waals surface area (Å²) in [4.78, 5) is 14.9. The van der Waals surface area contributed by atoms with Gasteiger partial charge in [0.2, 0.25) is 5.91 Å². The van der Waals surface area contributed by atoms with E-state index >= 15 is 0 Å². The van der Waals surface area contributed by atoms with Crippen LogP contribution in [0, 0.1) is 5.41 Å². The van der Waals surface area contributed by atoms with Gasteiger partial charge in [0.15, 0.2) is 0 Å². The third-order valence-corrected chi connectivity index (χ3v) is 5.81. The minimum Gasteiger partial charge on any atom is -0.341 e. The van der Waals surface area contributed by atoms with E-state index < -0.39 is 5.54 Å². The Labute approximate surface area is 129 Å². The van der Waals surface area contributed by atoms with Gasteiger partial charge in [-0.25, -0.2) is 0 Å². The van der Waals surface area contributed by atoms with Gasteiger partial charge in [0.05, 0.1) is 5.54 Å². The Balaban J connectivity index is 0.00000147. The lowest BCUT2D eigenvalue weighted by atomic mass is 9.73. The maximum absolute atomic E-state index is 12.7. The molecule has 1 saturated heterocycles. The third kappa shape index (κ3) is 2.99. The van der Waals surface area contributed by atoms with Crippen molar-refractivity contribution in [3.63, 3.8) is 0 Å². The number of carbonyl (C=O) groups excluding carboxylic acids is 1. The molecule has 3 rings (SSSR count). The van der Waals surface area contributed by atoms with Gasteiger partial charge in [-0.05, 0) is 37.5 Å². The SMILES string of the molecule is Cl.NC1(C(=O)N2CCC3(CCCCC3)C2)CCCCC1. The fraction of sp³-hybridized carbons (Fsp3) is 0.938. The number of nitrogens with two attached hydrogens (primary N) is 1. The lowest BCUT2D eigenvalue weighted by Gasteiger charge is -2.37. The molecule has 2 saturated carbocycles. The van der Waals surface area contributed by atoms with Gasteiger partial charge >= 0.3 is 0 Å². The quantitative estimate of drug-likeness (QED) is 0.808. The molecule has 0 atom stereocenters. The minimum absolute atomic E-state index is 0. The van der Waals surface area contributed by atoms with Gasteiger partial charge in [0.1, 0.15) is 0 Å². The first-order valence-corrected chi connectivity index (χ1v) is 8.22. The van der Waals surface area contributed by atoms with Crippen LogP contribution in [-0.4, -0.2) is 29.4 Å². The van der Waals surface area contributed by atoms with E-state index in [-0.39, 0.29) is 18.3 Å². The van der Waals surface area contributed by atoms with Crippen LogP contribution in [0.2, 0.25) is 0 Å². The number of rotatable bonds is 1. The monoisotopic (exact) mass is 300 g/mol. The molecule has 0 aromatic carbocycles. The van der Waals surface area contributed by atoms with Crippen LogP contribution in [0.4, 0.5) is 0 Å². The maximum atomic E-state index is 12.7. The van der Waals surface area contributed by atoms with E-state index in [2.05, 4.69) is 4.90 Å². The summed E-state index contributed by atoms with van der Waals surface area (Å²) >= 11 is 0.